The molecule has 24 heavy (non-hydrogen) atoms. The van der Waals surface area contributed by atoms with Crippen LogP contribution in [0.3, 0.4) is 0 Å². The summed E-state index contributed by atoms with van der Waals surface area (Å²) in [6.07, 6.45) is 8.49. The van der Waals surface area contributed by atoms with Crippen molar-refractivity contribution in [1.29, 1.82) is 0 Å². The van der Waals surface area contributed by atoms with E-state index in [4.69, 9.17) is 0 Å². The molecule has 0 saturated heterocycles. The Bertz CT molecular complexity index is 1040. The van der Waals surface area contributed by atoms with Crippen LogP contribution >= 0.6 is 0 Å². The third kappa shape index (κ3) is 2.54. The fraction of sp³-hybridized carbons (Fsp3) is 0.278. The molecular formula is C18H17FN4O. The zero-order valence-electron chi connectivity index (χ0n) is 13.3. The third-order valence-electron chi connectivity index (χ3n) is 4.53. The van der Waals surface area contributed by atoms with Crippen LogP contribution in [0, 0.1) is 11.7 Å². The van der Waals surface area contributed by atoms with Gasteiger partial charge in [-0.3, -0.25) is 4.79 Å². The van der Waals surface area contributed by atoms with Crippen LogP contribution in [-0.4, -0.2) is 20.9 Å². The van der Waals surface area contributed by atoms with Gasteiger partial charge >= 0.3 is 0 Å². The topological polar surface area (TPSA) is 63.0 Å². The van der Waals surface area contributed by atoms with Crippen molar-refractivity contribution >= 4 is 28.2 Å². The maximum atomic E-state index is 13.4. The molecule has 3 aromatic rings. The van der Waals surface area contributed by atoms with Crippen LogP contribution in [0.15, 0.2) is 46.1 Å². The fourth-order valence-electron chi connectivity index (χ4n) is 3.09. The minimum Gasteiger partial charge on any atom is -0.349 e. The molecule has 0 fully saturated rings. The molecule has 1 aliphatic carbocycles. The smallest absolute Gasteiger partial charge is 0.298 e. The van der Waals surface area contributed by atoms with E-state index in [2.05, 4.69) is 28.1 Å². The first kappa shape index (κ1) is 14.8. The summed E-state index contributed by atoms with van der Waals surface area (Å²) in [6, 6.07) is 4.34. The minimum absolute atomic E-state index is 0.282. The molecular weight excluding hydrogens is 307 g/mol. The van der Waals surface area contributed by atoms with Crippen molar-refractivity contribution in [2.24, 2.45) is 11.0 Å². The number of halogens is 1. The van der Waals surface area contributed by atoms with Crippen LogP contribution in [0.1, 0.15) is 26.2 Å². The second-order valence-corrected chi connectivity index (χ2v) is 6.28. The van der Waals surface area contributed by atoms with E-state index in [0.717, 1.165) is 19.3 Å². The summed E-state index contributed by atoms with van der Waals surface area (Å²) >= 11 is 0. The van der Waals surface area contributed by atoms with E-state index in [-0.39, 0.29) is 11.4 Å². The van der Waals surface area contributed by atoms with E-state index in [1.807, 2.05) is 6.21 Å². The van der Waals surface area contributed by atoms with E-state index >= 15 is 0 Å². The zero-order chi connectivity index (χ0) is 16.7. The van der Waals surface area contributed by atoms with Gasteiger partial charge in [0.05, 0.1) is 0 Å². The molecule has 0 amide bonds. The minimum atomic E-state index is -0.354. The van der Waals surface area contributed by atoms with Gasteiger partial charge in [0.2, 0.25) is 0 Å². The second kappa shape index (κ2) is 5.70. The Morgan fingerprint density at radius 1 is 1.46 bits per heavy atom. The standard InChI is InChI=1S/C18H17FN4O/c1-11-2-4-12(5-3-11)9-21-23-10-20-16-14-8-13(19)6-7-15(14)22-17(16)18(23)24/h2,6-10,12,22H,3-5H2,1H3/b21-9-/t12-/m0/s1. The van der Waals surface area contributed by atoms with Gasteiger partial charge in [0.15, 0.2) is 0 Å². The summed E-state index contributed by atoms with van der Waals surface area (Å²) in [4.78, 5) is 19.9. The van der Waals surface area contributed by atoms with Gasteiger partial charge in [-0.25, -0.2) is 9.37 Å². The van der Waals surface area contributed by atoms with Crippen molar-refractivity contribution in [2.75, 3.05) is 0 Å². The summed E-state index contributed by atoms with van der Waals surface area (Å²) in [5.41, 5.74) is 2.62. The van der Waals surface area contributed by atoms with Crippen LogP contribution in [0.5, 0.6) is 0 Å². The Kier molecular flexibility index (Phi) is 3.52. The molecule has 122 valence electrons. The van der Waals surface area contributed by atoms with Crippen molar-refractivity contribution in [2.45, 2.75) is 26.2 Å². The monoisotopic (exact) mass is 324 g/mol. The average Bonchev–Trinajstić information content (AvgIpc) is 2.95. The highest BCUT2D eigenvalue weighted by Crippen LogP contribution is 2.23. The largest absolute Gasteiger partial charge is 0.349 e. The molecule has 0 saturated carbocycles. The van der Waals surface area contributed by atoms with Crippen molar-refractivity contribution in [3.63, 3.8) is 0 Å². The highest BCUT2D eigenvalue weighted by atomic mass is 19.1. The number of aromatic amines is 1. The highest BCUT2D eigenvalue weighted by molar-refractivity contribution is 6.04. The lowest BCUT2D eigenvalue weighted by molar-refractivity contribution is 0.602. The van der Waals surface area contributed by atoms with E-state index in [9.17, 15) is 9.18 Å². The summed E-state index contributed by atoms with van der Waals surface area (Å²) in [5.74, 6) is -0.0128. The van der Waals surface area contributed by atoms with Crippen molar-refractivity contribution in [3.05, 3.63) is 52.3 Å². The Morgan fingerprint density at radius 3 is 3.12 bits per heavy atom. The molecule has 1 aliphatic rings. The van der Waals surface area contributed by atoms with E-state index < -0.39 is 0 Å². The molecule has 0 spiro atoms. The van der Waals surface area contributed by atoms with Gasteiger partial charge < -0.3 is 4.98 Å². The Labute approximate surface area is 137 Å². The lowest BCUT2D eigenvalue weighted by Gasteiger charge is -2.15. The normalized spacial score (nSPS) is 18.6. The van der Waals surface area contributed by atoms with Gasteiger partial charge in [0, 0.05) is 17.1 Å². The van der Waals surface area contributed by atoms with Gasteiger partial charge in [0.25, 0.3) is 5.56 Å². The number of aromatic nitrogens is 3. The summed E-state index contributed by atoms with van der Waals surface area (Å²) in [5, 5.41) is 4.89. The lowest BCUT2D eigenvalue weighted by Crippen LogP contribution is -2.18. The van der Waals surface area contributed by atoms with E-state index in [0.29, 0.717) is 27.9 Å². The van der Waals surface area contributed by atoms with Crippen LogP contribution < -0.4 is 5.56 Å². The lowest BCUT2D eigenvalue weighted by atomic mass is 9.91. The molecule has 2 aromatic heterocycles. The van der Waals surface area contributed by atoms with Gasteiger partial charge in [-0.1, -0.05) is 11.6 Å². The molecule has 1 N–H and O–H groups in total. The van der Waals surface area contributed by atoms with Crippen LogP contribution in [-0.2, 0) is 0 Å². The number of allylic oxidation sites excluding steroid dienone is 2. The number of rotatable bonds is 2. The Hall–Kier alpha value is -2.76. The first-order valence-corrected chi connectivity index (χ1v) is 8.00. The second-order valence-electron chi connectivity index (χ2n) is 6.28. The van der Waals surface area contributed by atoms with Crippen molar-refractivity contribution < 1.29 is 4.39 Å². The summed E-state index contributed by atoms with van der Waals surface area (Å²) in [7, 11) is 0. The molecule has 1 atom stereocenters. The number of H-pyrrole nitrogens is 1. The van der Waals surface area contributed by atoms with Crippen LogP contribution in [0.4, 0.5) is 4.39 Å². The van der Waals surface area contributed by atoms with E-state index in [1.165, 1.54) is 28.7 Å². The molecule has 6 heteroatoms. The average molecular weight is 324 g/mol. The van der Waals surface area contributed by atoms with Gasteiger partial charge in [-0.15, -0.1) is 0 Å². The van der Waals surface area contributed by atoms with Crippen LogP contribution in [0.2, 0.25) is 0 Å². The molecule has 4 rings (SSSR count). The fourth-order valence-corrected chi connectivity index (χ4v) is 3.09. The molecule has 5 nitrogen and oxygen atoms in total. The number of hydrogen-bond donors (Lipinski definition) is 1. The molecule has 0 bridgehead atoms. The number of benzene rings is 1. The van der Waals surface area contributed by atoms with Gasteiger partial charge in [-0.2, -0.15) is 9.78 Å². The predicted octanol–water partition coefficient (Wildman–Crippen LogP) is 3.60. The molecule has 0 aliphatic heterocycles. The third-order valence-corrected chi connectivity index (χ3v) is 4.53. The number of fused-ring (bicyclic) bond motifs is 3. The number of nitrogens with one attached hydrogen (secondary N) is 1. The SMILES string of the molecule is CC1=CC[C@H](/C=N\n2cnc3c([nH]c4ccc(F)cc43)c2=O)CC1. The van der Waals surface area contributed by atoms with Gasteiger partial charge in [-0.05, 0) is 50.3 Å². The predicted molar refractivity (Wildman–Crippen MR) is 92.8 cm³/mol. The quantitative estimate of drug-likeness (QED) is 0.578. The number of nitrogens with zero attached hydrogens (tertiary/aromatic N) is 3. The van der Waals surface area contributed by atoms with Crippen molar-refractivity contribution in [1.82, 2.24) is 14.6 Å². The zero-order valence-corrected chi connectivity index (χ0v) is 13.3. The summed E-state index contributed by atoms with van der Waals surface area (Å²) < 4.78 is 14.7. The highest BCUT2D eigenvalue weighted by Gasteiger charge is 2.13. The maximum absolute atomic E-state index is 13.4. The first-order chi connectivity index (χ1) is 11.6. The molecule has 1 aromatic carbocycles. The molecule has 0 unspecified atom stereocenters. The molecule has 0 radical (unpaired) electrons. The summed E-state index contributed by atoms with van der Waals surface area (Å²) in [6.45, 7) is 2.13. The van der Waals surface area contributed by atoms with Gasteiger partial charge in [0.1, 0.15) is 23.2 Å². The number of hydrogen-bond acceptors (Lipinski definition) is 3. The van der Waals surface area contributed by atoms with Crippen molar-refractivity contribution in [3.8, 4) is 0 Å². The first-order valence-electron chi connectivity index (χ1n) is 8.00. The Balaban J connectivity index is 1.73. The van der Waals surface area contributed by atoms with Crippen LogP contribution in [0.25, 0.3) is 21.9 Å². The maximum Gasteiger partial charge on any atom is 0.298 e. The van der Waals surface area contributed by atoms with E-state index in [1.54, 1.807) is 6.07 Å². The molecule has 2 heterocycles. The Morgan fingerprint density at radius 2 is 2.33 bits per heavy atom.